The van der Waals surface area contributed by atoms with Crippen LogP contribution in [0.3, 0.4) is 0 Å². The van der Waals surface area contributed by atoms with Crippen molar-refractivity contribution in [1.29, 1.82) is 5.26 Å². The van der Waals surface area contributed by atoms with Crippen molar-refractivity contribution in [2.24, 2.45) is 0 Å². The topological polar surface area (TPSA) is 59.3 Å². The number of benzene rings is 2. The molecule has 4 nitrogen and oxygen atoms in total. The largest absolute Gasteiger partial charge is 0.493 e. The smallest absolute Gasteiger partial charge is 0.189 e. The van der Waals surface area contributed by atoms with Crippen molar-refractivity contribution >= 4 is 11.9 Å². The van der Waals surface area contributed by atoms with E-state index in [4.69, 9.17) is 14.7 Å². The number of ketones is 1. The molecule has 0 bridgehead atoms. The van der Waals surface area contributed by atoms with Crippen LogP contribution in [0, 0.1) is 25.2 Å². The van der Waals surface area contributed by atoms with E-state index >= 15 is 0 Å². The van der Waals surface area contributed by atoms with Gasteiger partial charge in [-0.25, -0.2) is 0 Å². The molecule has 3 rings (SSSR count). The van der Waals surface area contributed by atoms with Crippen molar-refractivity contribution in [3.63, 3.8) is 0 Å². The molecule has 0 aliphatic heterocycles. The second-order valence-corrected chi connectivity index (χ2v) is 6.46. The summed E-state index contributed by atoms with van der Waals surface area (Å²) < 4.78 is 10.7. The van der Waals surface area contributed by atoms with E-state index in [0.717, 1.165) is 40.7 Å². The minimum absolute atomic E-state index is 0.0369. The zero-order valence-electron chi connectivity index (χ0n) is 15.3. The van der Waals surface area contributed by atoms with Gasteiger partial charge in [-0.2, -0.15) is 5.26 Å². The van der Waals surface area contributed by atoms with Crippen molar-refractivity contribution in [3.05, 3.63) is 63.7 Å². The van der Waals surface area contributed by atoms with Gasteiger partial charge in [0.05, 0.1) is 7.11 Å². The van der Waals surface area contributed by atoms with Crippen LogP contribution >= 0.6 is 0 Å². The molecular weight excluding hydrogens is 326 g/mol. The van der Waals surface area contributed by atoms with E-state index < -0.39 is 0 Å². The third-order valence-electron chi connectivity index (χ3n) is 4.62. The maximum atomic E-state index is 12.9. The number of carbonyl (C=O) groups is 1. The lowest BCUT2D eigenvalue weighted by atomic mass is 9.83. The lowest BCUT2D eigenvalue weighted by Gasteiger charge is -2.20. The molecule has 0 N–H and O–H groups in total. The summed E-state index contributed by atoms with van der Waals surface area (Å²) in [5.41, 5.74) is 5.96. The van der Waals surface area contributed by atoms with E-state index in [1.807, 2.05) is 37.3 Å². The Morgan fingerprint density at radius 1 is 1.15 bits per heavy atom. The molecule has 0 saturated carbocycles. The maximum Gasteiger partial charge on any atom is 0.189 e. The number of allylic oxidation sites excluding steroid dienone is 1. The van der Waals surface area contributed by atoms with E-state index in [0.29, 0.717) is 11.5 Å². The summed E-state index contributed by atoms with van der Waals surface area (Å²) in [6, 6.07) is 11.5. The Labute approximate surface area is 153 Å². The van der Waals surface area contributed by atoms with E-state index in [1.54, 1.807) is 13.2 Å². The van der Waals surface area contributed by atoms with Crippen LogP contribution in [0.25, 0.3) is 6.08 Å². The first-order valence-corrected chi connectivity index (χ1v) is 8.56. The molecule has 2 aromatic carbocycles. The van der Waals surface area contributed by atoms with Crippen molar-refractivity contribution in [2.45, 2.75) is 26.7 Å². The van der Waals surface area contributed by atoms with E-state index in [2.05, 4.69) is 13.0 Å². The van der Waals surface area contributed by atoms with Gasteiger partial charge in [-0.15, -0.1) is 0 Å². The standard InChI is InChI=1S/C22H21NO3/c1-14-10-15(2)18-6-5-17(22(24)19(18)11-14)12-16-4-7-20(26-9-8-23)21(13-16)25-3/h4,7,10-13H,5-6,9H2,1-3H3/b17-12-. The summed E-state index contributed by atoms with van der Waals surface area (Å²) in [4.78, 5) is 12.9. The van der Waals surface area contributed by atoms with Crippen LogP contribution in [0.15, 0.2) is 35.9 Å². The molecule has 0 unspecified atom stereocenters. The van der Waals surface area contributed by atoms with Crippen LogP contribution in [0.5, 0.6) is 11.5 Å². The third-order valence-corrected chi connectivity index (χ3v) is 4.62. The first-order valence-electron chi connectivity index (χ1n) is 8.56. The fourth-order valence-electron chi connectivity index (χ4n) is 3.42. The lowest BCUT2D eigenvalue weighted by Crippen LogP contribution is -2.15. The minimum Gasteiger partial charge on any atom is -0.493 e. The van der Waals surface area contributed by atoms with Gasteiger partial charge >= 0.3 is 0 Å². The monoisotopic (exact) mass is 347 g/mol. The summed E-state index contributed by atoms with van der Waals surface area (Å²) in [6.45, 7) is 4.05. The van der Waals surface area contributed by atoms with E-state index in [9.17, 15) is 4.79 Å². The van der Waals surface area contributed by atoms with Gasteiger partial charge in [0.1, 0.15) is 6.07 Å². The van der Waals surface area contributed by atoms with Crippen LogP contribution in [0.4, 0.5) is 0 Å². The Bertz CT molecular complexity index is 935. The van der Waals surface area contributed by atoms with Crippen LogP contribution in [0.1, 0.15) is 39.0 Å². The zero-order chi connectivity index (χ0) is 18.7. The van der Waals surface area contributed by atoms with Gasteiger partial charge in [-0.3, -0.25) is 4.79 Å². The average Bonchev–Trinajstić information content (AvgIpc) is 2.63. The number of fused-ring (bicyclic) bond motifs is 1. The maximum absolute atomic E-state index is 12.9. The molecular formula is C22H21NO3. The van der Waals surface area contributed by atoms with Crippen LogP contribution in [-0.4, -0.2) is 19.5 Å². The SMILES string of the molecule is COc1cc(/C=C2/CCc3c(C)cc(C)cc3C2=O)ccc1OCC#N. The van der Waals surface area contributed by atoms with Gasteiger partial charge < -0.3 is 9.47 Å². The normalized spacial score (nSPS) is 14.7. The fraction of sp³-hybridized carbons (Fsp3) is 0.273. The number of nitriles is 1. The molecule has 1 aliphatic rings. The van der Waals surface area contributed by atoms with Gasteiger partial charge in [0.15, 0.2) is 23.9 Å². The minimum atomic E-state index is -0.0369. The Morgan fingerprint density at radius 3 is 2.69 bits per heavy atom. The highest BCUT2D eigenvalue weighted by Gasteiger charge is 2.23. The molecule has 4 heteroatoms. The van der Waals surface area contributed by atoms with Gasteiger partial charge in [0.2, 0.25) is 0 Å². The van der Waals surface area contributed by atoms with E-state index in [-0.39, 0.29) is 12.4 Å². The van der Waals surface area contributed by atoms with Crippen LogP contribution in [0.2, 0.25) is 0 Å². The quantitative estimate of drug-likeness (QED) is 0.768. The molecule has 1 aliphatic carbocycles. The molecule has 132 valence electrons. The number of hydrogen-bond donors (Lipinski definition) is 0. The summed E-state index contributed by atoms with van der Waals surface area (Å²) in [7, 11) is 1.55. The number of hydrogen-bond acceptors (Lipinski definition) is 4. The molecule has 0 radical (unpaired) electrons. The summed E-state index contributed by atoms with van der Waals surface area (Å²) in [6.07, 6.45) is 3.52. The number of nitrogens with zero attached hydrogens (tertiary/aromatic N) is 1. The molecule has 0 amide bonds. The van der Waals surface area contributed by atoms with Gasteiger partial charge in [0, 0.05) is 11.1 Å². The zero-order valence-corrected chi connectivity index (χ0v) is 15.3. The summed E-state index contributed by atoms with van der Waals surface area (Å²) in [5, 5.41) is 8.65. The molecule has 0 fully saturated rings. The second kappa shape index (κ2) is 7.45. The molecule has 26 heavy (non-hydrogen) atoms. The third kappa shape index (κ3) is 3.48. The van der Waals surface area contributed by atoms with Gasteiger partial charge in [-0.1, -0.05) is 17.7 Å². The molecule has 0 saturated heterocycles. The molecule has 0 spiro atoms. The first kappa shape index (κ1) is 17.8. The van der Waals surface area contributed by atoms with Crippen molar-refractivity contribution in [1.82, 2.24) is 0 Å². The second-order valence-electron chi connectivity index (χ2n) is 6.46. The van der Waals surface area contributed by atoms with E-state index in [1.165, 1.54) is 5.56 Å². The molecule has 0 aromatic heterocycles. The van der Waals surface area contributed by atoms with Crippen LogP contribution in [-0.2, 0) is 6.42 Å². The predicted molar refractivity (Wildman–Crippen MR) is 101 cm³/mol. The lowest BCUT2D eigenvalue weighted by molar-refractivity contribution is 0.102. The van der Waals surface area contributed by atoms with Gasteiger partial charge in [-0.05, 0) is 67.7 Å². The Morgan fingerprint density at radius 2 is 1.96 bits per heavy atom. The first-order chi connectivity index (χ1) is 12.5. The van der Waals surface area contributed by atoms with Crippen molar-refractivity contribution < 1.29 is 14.3 Å². The number of rotatable bonds is 4. The number of methoxy groups -OCH3 is 1. The highest BCUT2D eigenvalue weighted by molar-refractivity contribution is 6.13. The molecule has 0 heterocycles. The van der Waals surface area contributed by atoms with Crippen molar-refractivity contribution in [3.8, 4) is 17.6 Å². The molecule has 0 atom stereocenters. The average molecular weight is 347 g/mol. The van der Waals surface area contributed by atoms with Crippen LogP contribution < -0.4 is 9.47 Å². The number of ether oxygens (including phenoxy) is 2. The molecule has 2 aromatic rings. The van der Waals surface area contributed by atoms with Gasteiger partial charge in [0.25, 0.3) is 0 Å². The Hall–Kier alpha value is -3.06. The Balaban J connectivity index is 1.93. The van der Waals surface area contributed by atoms with Crippen molar-refractivity contribution in [2.75, 3.05) is 13.7 Å². The highest BCUT2D eigenvalue weighted by Crippen LogP contribution is 2.32. The number of carbonyl (C=O) groups excluding carboxylic acids is 1. The number of aryl methyl sites for hydroxylation is 2. The summed E-state index contributed by atoms with van der Waals surface area (Å²) in [5.74, 6) is 1.16. The Kier molecular flexibility index (Phi) is 5.09. The summed E-state index contributed by atoms with van der Waals surface area (Å²) >= 11 is 0. The fourth-order valence-corrected chi connectivity index (χ4v) is 3.42. The highest BCUT2D eigenvalue weighted by atomic mass is 16.5. The predicted octanol–water partition coefficient (Wildman–Crippen LogP) is 4.43. The number of Topliss-reactive ketones (excluding diaryl/α,β-unsaturated/α-hetero) is 1.